The Hall–Kier alpha value is -1.69. The first-order valence-electron chi connectivity index (χ1n) is 9.88. The Balaban J connectivity index is 1.78. The molecule has 6 heteroatoms. The predicted octanol–water partition coefficient (Wildman–Crippen LogP) is 5.08. The lowest BCUT2D eigenvalue weighted by Crippen LogP contribution is -2.43. The lowest BCUT2D eigenvalue weighted by atomic mass is 10.1. The molecule has 2 N–H and O–H groups in total. The number of hydrogen-bond donors (Lipinski definition) is 2. The summed E-state index contributed by atoms with van der Waals surface area (Å²) in [6.07, 6.45) is 1.77. The first-order chi connectivity index (χ1) is 13.5. The molecule has 1 aliphatic heterocycles. The van der Waals surface area contributed by atoms with Gasteiger partial charge in [0.2, 0.25) is 5.12 Å². The van der Waals surface area contributed by atoms with E-state index in [2.05, 4.69) is 34.9 Å². The van der Waals surface area contributed by atoms with Gasteiger partial charge in [0.25, 0.3) is 0 Å². The third-order valence-electron chi connectivity index (χ3n) is 5.11. The highest BCUT2D eigenvalue weighted by Gasteiger charge is 2.17. The van der Waals surface area contributed by atoms with Crippen LogP contribution in [0.15, 0.2) is 30.3 Å². The van der Waals surface area contributed by atoms with E-state index in [1.54, 1.807) is 0 Å². The fraction of sp³-hybridized carbons (Fsp3) is 0.409. The highest BCUT2D eigenvalue weighted by molar-refractivity contribution is 8.15. The van der Waals surface area contributed by atoms with Gasteiger partial charge in [-0.15, -0.1) is 0 Å². The number of anilines is 2. The zero-order valence-corrected chi connectivity index (χ0v) is 18.3. The summed E-state index contributed by atoms with van der Waals surface area (Å²) in [6, 6.07) is 10.1. The van der Waals surface area contributed by atoms with Gasteiger partial charge in [0.1, 0.15) is 0 Å². The molecule has 0 spiro atoms. The fourth-order valence-electron chi connectivity index (χ4n) is 3.57. The molecule has 4 nitrogen and oxygen atoms in total. The lowest BCUT2D eigenvalue weighted by Gasteiger charge is -2.31. The van der Waals surface area contributed by atoms with Gasteiger partial charge in [-0.3, -0.25) is 4.79 Å². The molecule has 3 rings (SSSR count). The van der Waals surface area contributed by atoms with E-state index in [1.807, 2.05) is 31.2 Å². The van der Waals surface area contributed by atoms with Crippen LogP contribution < -0.4 is 14.9 Å². The monoisotopic (exact) mass is 417 g/mol. The quantitative estimate of drug-likeness (QED) is 0.641. The number of carbonyl (C=O) groups excluding carboxylic acids is 1. The first kappa shape index (κ1) is 21.0. The number of nitrogens with one attached hydrogen (secondary N) is 2. The number of aryl methyl sites for hydroxylation is 2. The van der Waals surface area contributed by atoms with Crippen molar-refractivity contribution >= 4 is 40.0 Å². The average Bonchev–Trinajstić information content (AvgIpc) is 2.71. The third-order valence-corrected chi connectivity index (χ3v) is 6.19. The Morgan fingerprint density at radius 1 is 1.18 bits per heavy atom. The summed E-state index contributed by atoms with van der Waals surface area (Å²) in [5, 5.41) is 4.14. The number of nitrogens with zero attached hydrogens (tertiary/aromatic N) is 1. The molecule has 0 radical (unpaired) electrons. The Labute approximate surface area is 177 Å². The summed E-state index contributed by atoms with van der Waals surface area (Å²) in [4.78, 5) is 15.2. The average molecular weight is 418 g/mol. The van der Waals surface area contributed by atoms with Crippen LogP contribution in [0.1, 0.15) is 40.9 Å². The first-order valence-corrected chi connectivity index (χ1v) is 11.1. The minimum atomic E-state index is 0.0127. The van der Waals surface area contributed by atoms with Gasteiger partial charge in [-0.05, 0) is 54.7 Å². The van der Waals surface area contributed by atoms with Gasteiger partial charge in [0.05, 0.1) is 0 Å². The van der Waals surface area contributed by atoms with Crippen molar-refractivity contribution in [1.29, 1.82) is 0 Å². The van der Waals surface area contributed by atoms with E-state index in [9.17, 15) is 4.79 Å². The number of rotatable bonds is 6. The molecule has 2 aromatic rings. The van der Waals surface area contributed by atoms with Crippen LogP contribution in [-0.4, -0.2) is 31.3 Å². The maximum absolute atomic E-state index is 12.9. The summed E-state index contributed by atoms with van der Waals surface area (Å²) in [5.74, 6) is 0. The van der Waals surface area contributed by atoms with Gasteiger partial charge in [-0.1, -0.05) is 37.6 Å². The second kappa shape index (κ2) is 9.68. The molecular weight excluding hydrogens is 390 g/mol. The van der Waals surface area contributed by atoms with Crippen molar-refractivity contribution in [2.24, 2.45) is 0 Å². The fourth-order valence-corrected chi connectivity index (χ4v) is 4.61. The topological polar surface area (TPSA) is 44.4 Å². The van der Waals surface area contributed by atoms with Crippen molar-refractivity contribution in [2.75, 3.05) is 35.8 Å². The van der Waals surface area contributed by atoms with Crippen molar-refractivity contribution in [3.8, 4) is 0 Å². The molecule has 1 fully saturated rings. The zero-order valence-electron chi connectivity index (χ0n) is 16.8. The summed E-state index contributed by atoms with van der Waals surface area (Å²) < 4.78 is 3.23. The largest absolute Gasteiger partial charge is 0.369 e. The minimum Gasteiger partial charge on any atom is -0.369 e. The number of hydrogen-bond acceptors (Lipinski definition) is 5. The van der Waals surface area contributed by atoms with Gasteiger partial charge in [-0.2, -0.15) is 0 Å². The van der Waals surface area contributed by atoms with E-state index < -0.39 is 0 Å². The van der Waals surface area contributed by atoms with Crippen molar-refractivity contribution in [3.63, 3.8) is 0 Å². The van der Waals surface area contributed by atoms with E-state index in [1.165, 1.54) is 11.3 Å². The molecule has 1 aliphatic rings. The van der Waals surface area contributed by atoms with Gasteiger partial charge >= 0.3 is 0 Å². The van der Waals surface area contributed by atoms with E-state index in [-0.39, 0.29) is 5.12 Å². The molecule has 0 aromatic heterocycles. The molecule has 0 aliphatic carbocycles. The summed E-state index contributed by atoms with van der Waals surface area (Å²) in [6.45, 7) is 10.1. The maximum Gasteiger partial charge on any atom is 0.239 e. The molecule has 150 valence electrons. The molecular formula is C22H28ClN3OS. The Morgan fingerprint density at radius 2 is 1.93 bits per heavy atom. The molecule has 28 heavy (non-hydrogen) atoms. The molecule has 0 amide bonds. The van der Waals surface area contributed by atoms with Gasteiger partial charge < -0.3 is 14.9 Å². The standard InChI is InChI=1S/C22H28ClN3OS/c1-4-16-6-7-17(14-21(16)26-10-8-24-9-11-26)22(27)28-25-20-13-15(3)12-19(23)18(20)5-2/h6-7,12-14,24-25H,4-5,8-11H2,1-3H3. The van der Waals surface area contributed by atoms with Gasteiger partial charge in [0, 0.05) is 60.1 Å². The normalized spacial score (nSPS) is 14.2. The smallest absolute Gasteiger partial charge is 0.239 e. The van der Waals surface area contributed by atoms with Crippen LogP contribution in [0.4, 0.5) is 11.4 Å². The zero-order chi connectivity index (χ0) is 20.1. The summed E-state index contributed by atoms with van der Waals surface area (Å²) in [7, 11) is 0. The molecule has 1 heterocycles. The Bertz CT molecular complexity index is 850. The highest BCUT2D eigenvalue weighted by atomic mass is 35.5. The molecule has 0 atom stereocenters. The molecule has 2 aromatic carbocycles. The third kappa shape index (κ3) is 4.83. The van der Waals surface area contributed by atoms with Crippen molar-refractivity contribution in [3.05, 3.63) is 57.6 Å². The SMILES string of the molecule is CCc1ccc(C(=O)SNc2cc(C)cc(Cl)c2CC)cc1N1CCNCC1. The Kier molecular flexibility index (Phi) is 7.27. The minimum absolute atomic E-state index is 0.0127. The number of carbonyl (C=O) groups is 1. The second-order valence-corrected chi connectivity index (χ2v) is 8.24. The molecule has 0 saturated carbocycles. The summed E-state index contributed by atoms with van der Waals surface area (Å²) >= 11 is 7.48. The van der Waals surface area contributed by atoms with Crippen molar-refractivity contribution in [2.45, 2.75) is 33.6 Å². The van der Waals surface area contributed by atoms with Crippen LogP contribution >= 0.6 is 23.5 Å². The van der Waals surface area contributed by atoms with Gasteiger partial charge in [-0.25, -0.2) is 0 Å². The Morgan fingerprint density at radius 3 is 2.61 bits per heavy atom. The van der Waals surface area contributed by atoms with E-state index in [0.29, 0.717) is 0 Å². The molecule has 0 bridgehead atoms. The van der Waals surface area contributed by atoms with Crippen LogP contribution in [0.5, 0.6) is 0 Å². The van der Waals surface area contributed by atoms with Crippen LogP contribution in [0.3, 0.4) is 0 Å². The van der Waals surface area contributed by atoms with Crippen LogP contribution in [0, 0.1) is 6.92 Å². The number of benzene rings is 2. The lowest BCUT2D eigenvalue weighted by molar-refractivity contribution is 0.108. The van der Waals surface area contributed by atoms with Crippen molar-refractivity contribution < 1.29 is 4.79 Å². The van der Waals surface area contributed by atoms with E-state index in [4.69, 9.17) is 11.6 Å². The van der Waals surface area contributed by atoms with E-state index >= 15 is 0 Å². The van der Waals surface area contributed by atoms with Crippen LogP contribution in [0.25, 0.3) is 0 Å². The highest BCUT2D eigenvalue weighted by Crippen LogP contribution is 2.30. The van der Waals surface area contributed by atoms with E-state index in [0.717, 1.165) is 78.4 Å². The maximum atomic E-state index is 12.9. The van der Waals surface area contributed by atoms with Crippen LogP contribution in [-0.2, 0) is 12.8 Å². The van der Waals surface area contributed by atoms with Crippen molar-refractivity contribution in [1.82, 2.24) is 5.32 Å². The second-order valence-electron chi connectivity index (χ2n) is 7.05. The number of piperazine rings is 1. The van der Waals surface area contributed by atoms with Crippen LogP contribution in [0.2, 0.25) is 5.02 Å². The molecule has 1 saturated heterocycles. The summed E-state index contributed by atoms with van der Waals surface area (Å²) in [5.41, 5.74) is 6.22. The number of halogens is 1. The molecule has 0 unspecified atom stereocenters. The predicted molar refractivity (Wildman–Crippen MR) is 122 cm³/mol. The van der Waals surface area contributed by atoms with Gasteiger partial charge in [0.15, 0.2) is 0 Å².